The van der Waals surface area contributed by atoms with Crippen LogP contribution >= 0.6 is 0 Å². The molecule has 6 heteroatoms. The Morgan fingerprint density at radius 2 is 2.13 bits per heavy atom. The van der Waals surface area contributed by atoms with Crippen molar-refractivity contribution in [2.45, 2.75) is 19.9 Å². The number of guanidine groups is 1. The molecule has 0 atom stereocenters. The van der Waals surface area contributed by atoms with Gasteiger partial charge in [-0.25, -0.2) is 4.98 Å². The molecule has 0 spiro atoms. The lowest BCUT2D eigenvalue weighted by Gasteiger charge is -2.11. The maximum Gasteiger partial charge on any atom is 0.191 e. The molecule has 6 nitrogen and oxygen atoms in total. The Morgan fingerprint density at radius 3 is 2.87 bits per heavy atom. The van der Waals surface area contributed by atoms with Crippen molar-refractivity contribution in [3.63, 3.8) is 0 Å². The summed E-state index contributed by atoms with van der Waals surface area (Å²) in [6, 6.07) is 9.85. The van der Waals surface area contributed by atoms with Crippen LogP contribution in [0.2, 0.25) is 0 Å². The lowest BCUT2D eigenvalue weighted by Crippen LogP contribution is -2.38. The molecule has 2 N–H and O–H groups in total. The van der Waals surface area contributed by atoms with Crippen molar-refractivity contribution in [2.75, 3.05) is 26.2 Å². The number of rotatable bonds is 9. The number of para-hydroxylation sites is 1. The fourth-order valence-electron chi connectivity index (χ4n) is 2.03. The first-order chi connectivity index (χ1) is 11.4. The van der Waals surface area contributed by atoms with Crippen molar-refractivity contribution in [3.05, 3.63) is 49.1 Å². The second-order valence-electron chi connectivity index (χ2n) is 5.00. The normalized spacial score (nSPS) is 11.3. The average Bonchev–Trinajstić information content (AvgIpc) is 3.09. The van der Waals surface area contributed by atoms with Gasteiger partial charge in [-0.05, 0) is 19.1 Å². The number of aromatic nitrogens is 2. The van der Waals surface area contributed by atoms with Crippen LogP contribution in [-0.4, -0.2) is 41.8 Å². The molecule has 0 aliphatic carbocycles. The van der Waals surface area contributed by atoms with Crippen molar-refractivity contribution in [2.24, 2.45) is 4.99 Å². The molecule has 0 radical (unpaired) electrons. The third-order valence-electron chi connectivity index (χ3n) is 3.15. The molecular weight excluding hydrogens is 290 g/mol. The van der Waals surface area contributed by atoms with Crippen molar-refractivity contribution < 1.29 is 4.74 Å². The van der Waals surface area contributed by atoms with Crippen molar-refractivity contribution in [1.82, 2.24) is 20.2 Å². The van der Waals surface area contributed by atoms with E-state index in [2.05, 4.69) is 27.5 Å². The average molecular weight is 315 g/mol. The highest BCUT2D eigenvalue weighted by atomic mass is 16.5. The van der Waals surface area contributed by atoms with Gasteiger partial charge in [0.1, 0.15) is 5.75 Å². The monoisotopic (exact) mass is 315 g/mol. The quantitative estimate of drug-likeness (QED) is 0.421. The molecule has 0 amide bonds. The lowest BCUT2D eigenvalue weighted by atomic mass is 10.3. The van der Waals surface area contributed by atoms with Crippen LogP contribution in [-0.2, 0) is 6.54 Å². The second kappa shape index (κ2) is 10.3. The number of benzene rings is 1. The van der Waals surface area contributed by atoms with Gasteiger partial charge in [0.05, 0.1) is 12.9 Å². The first-order valence-corrected chi connectivity index (χ1v) is 8.04. The van der Waals surface area contributed by atoms with E-state index in [0.717, 1.165) is 44.3 Å². The maximum atomic E-state index is 5.66. The Kier molecular flexibility index (Phi) is 7.53. The third-order valence-corrected chi connectivity index (χ3v) is 3.15. The zero-order valence-electron chi connectivity index (χ0n) is 13.6. The fraction of sp³-hybridized carbons (Fsp3) is 0.412. The standard InChI is InChI=1S/C17H25N5O/c1-2-19-17(21-11-13-22-12-10-18-15-22)20-9-6-14-23-16-7-4-3-5-8-16/h3-5,7-8,10,12,15H,2,6,9,11,13-14H2,1H3,(H2,19,20,21). The van der Waals surface area contributed by atoms with E-state index in [9.17, 15) is 0 Å². The Labute approximate surface area is 137 Å². The van der Waals surface area contributed by atoms with Crippen LogP contribution in [0.15, 0.2) is 54.0 Å². The number of ether oxygens (including phenoxy) is 1. The van der Waals surface area contributed by atoms with Crippen LogP contribution in [0.5, 0.6) is 5.75 Å². The minimum absolute atomic E-state index is 0.669. The molecule has 0 saturated heterocycles. The molecule has 1 aromatic heterocycles. The summed E-state index contributed by atoms with van der Waals surface area (Å²) in [7, 11) is 0. The predicted molar refractivity (Wildman–Crippen MR) is 92.8 cm³/mol. The van der Waals surface area contributed by atoms with Crippen LogP contribution < -0.4 is 15.4 Å². The number of nitrogens with one attached hydrogen (secondary N) is 2. The van der Waals surface area contributed by atoms with Crippen LogP contribution in [0.3, 0.4) is 0 Å². The van der Waals surface area contributed by atoms with Gasteiger partial charge >= 0.3 is 0 Å². The lowest BCUT2D eigenvalue weighted by molar-refractivity contribution is 0.313. The van der Waals surface area contributed by atoms with Crippen LogP contribution in [0.25, 0.3) is 0 Å². The van der Waals surface area contributed by atoms with E-state index in [-0.39, 0.29) is 0 Å². The number of hydrogen-bond acceptors (Lipinski definition) is 3. The summed E-state index contributed by atoms with van der Waals surface area (Å²) in [5.74, 6) is 1.74. The molecule has 23 heavy (non-hydrogen) atoms. The van der Waals surface area contributed by atoms with E-state index in [0.29, 0.717) is 6.61 Å². The van der Waals surface area contributed by atoms with E-state index >= 15 is 0 Å². The summed E-state index contributed by atoms with van der Waals surface area (Å²) >= 11 is 0. The van der Waals surface area contributed by atoms with Gasteiger partial charge in [-0.15, -0.1) is 0 Å². The third kappa shape index (κ3) is 6.86. The van der Waals surface area contributed by atoms with Crippen LogP contribution in [0.4, 0.5) is 0 Å². The molecule has 1 aromatic carbocycles. The van der Waals surface area contributed by atoms with E-state index in [4.69, 9.17) is 4.74 Å². The Balaban J connectivity index is 1.64. The SMILES string of the molecule is CCNC(=NCCCOc1ccccc1)NCCn1ccnc1. The maximum absolute atomic E-state index is 5.66. The van der Waals surface area contributed by atoms with Gasteiger partial charge in [-0.3, -0.25) is 4.99 Å². The van der Waals surface area contributed by atoms with E-state index in [1.807, 2.05) is 47.4 Å². The first-order valence-electron chi connectivity index (χ1n) is 8.04. The summed E-state index contributed by atoms with van der Waals surface area (Å²) in [5, 5.41) is 6.56. The smallest absolute Gasteiger partial charge is 0.191 e. The highest BCUT2D eigenvalue weighted by Crippen LogP contribution is 2.08. The molecule has 2 aromatic rings. The summed E-state index contributed by atoms with van der Waals surface area (Å²) in [5.41, 5.74) is 0. The van der Waals surface area contributed by atoms with Crippen molar-refractivity contribution in [1.29, 1.82) is 0 Å². The van der Waals surface area contributed by atoms with Crippen molar-refractivity contribution in [3.8, 4) is 5.75 Å². The van der Waals surface area contributed by atoms with E-state index in [1.165, 1.54) is 0 Å². The summed E-state index contributed by atoms with van der Waals surface area (Å²) in [6.07, 6.45) is 6.43. The minimum Gasteiger partial charge on any atom is -0.494 e. The molecule has 0 fully saturated rings. The molecule has 0 aliphatic heterocycles. The summed E-state index contributed by atoms with van der Waals surface area (Å²) in [4.78, 5) is 8.58. The van der Waals surface area contributed by atoms with Gasteiger partial charge in [0.15, 0.2) is 5.96 Å². The predicted octanol–water partition coefficient (Wildman–Crippen LogP) is 1.91. The number of nitrogens with zero attached hydrogens (tertiary/aromatic N) is 3. The highest BCUT2D eigenvalue weighted by Gasteiger charge is 1.97. The van der Waals surface area contributed by atoms with Gasteiger partial charge in [0.25, 0.3) is 0 Å². The Hall–Kier alpha value is -2.50. The fourth-order valence-corrected chi connectivity index (χ4v) is 2.03. The molecule has 0 saturated carbocycles. The first kappa shape index (κ1) is 16.9. The minimum atomic E-state index is 0.669. The van der Waals surface area contributed by atoms with Crippen LogP contribution in [0.1, 0.15) is 13.3 Å². The zero-order chi connectivity index (χ0) is 16.2. The molecule has 1 heterocycles. The highest BCUT2D eigenvalue weighted by molar-refractivity contribution is 5.79. The van der Waals surface area contributed by atoms with E-state index < -0.39 is 0 Å². The number of imidazole rings is 1. The number of aliphatic imine (C=N–C) groups is 1. The number of hydrogen-bond donors (Lipinski definition) is 2. The summed E-state index contributed by atoms with van der Waals surface area (Å²) < 4.78 is 7.69. The molecule has 2 rings (SSSR count). The molecule has 124 valence electrons. The summed E-state index contributed by atoms with van der Waals surface area (Å²) in [6.45, 7) is 5.97. The molecule has 0 aliphatic rings. The Morgan fingerprint density at radius 1 is 1.26 bits per heavy atom. The van der Waals surface area contributed by atoms with Gasteiger partial charge < -0.3 is 19.9 Å². The van der Waals surface area contributed by atoms with Gasteiger partial charge in [0, 0.05) is 45.0 Å². The van der Waals surface area contributed by atoms with Gasteiger partial charge in [-0.2, -0.15) is 0 Å². The van der Waals surface area contributed by atoms with Crippen LogP contribution in [0, 0.1) is 0 Å². The van der Waals surface area contributed by atoms with E-state index in [1.54, 1.807) is 6.20 Å². The second-order valence-corrected chi connectivity index (χ2v) is 5.00. The van der Waals surface area contributed by atoms with Crippen molar-refractivity contribution >= 4 is 5.96 Å². The Bertz CT molecular complexity index is 554. The molecular formula is C17H25N5O. The van der Waals surface area contributed by atoms with Gasteiger partial charge in [-0.1, -0.05) is 18.2 Å². The molecule has 0 bridgehead atoms. The molecule has 0 unspecified atom stereocenters. The largest absolute Gasteiger partial charge is 0.494 e. The van der Waals surface area contributed by atoms with Gasteiger partial charge in [0.2, 0.25) is 0 Å². The topological polar surface area (TPSA) is 63.5 Å². The zero-order valence-corrected chi connectivity index (χ0v) is 13.6.